The highest BCUT2D eigenvalue weighted by Crippen LogP contribution is 2.32. The quantitative estimate of drug-likeness (QED) is 0.0776. The summed E-state index contributed by atoms with van der Waals surface area (Å²) in [4.78, 5) is 96.3. The van der Waals surface area contributed by atoms with Gasteiger partial charge in [-0.2, -0.15) is 0 Å². The number of hydrogen-bond donors (Lipinski definition) is 4. The molecule has 2 aromatic heterocycles. The average Bonchev–Trinajstić information content (AvgIpc) is 3.98. The first-order valence-electron chi connectivity index (χ1n) is 19.8. The Morgan fingerprint density at radius 1 is 0.984 bits per heavy atom. The van der Waals surface area contributed by atoms with Gasteiger partial charge in [0.15, 0.2) is 5.13 Å². The largest absolute Gasteiger partial charge is 0.381 e. The van der Waals surface area contributed by atoms with E-state index >= 15 is 0 Å². The van der Waals surface area contributed by atoms with Crippen LogP contribution in [0.25, 0.3) is 11.3 Å². The van der Waals surface area contributed by atoms with Gasteiger partial charge in [0.1, 0.15) is 12.1 Å². The highest BCUT2D eigenvalue weighted by molar-refractivity contribution is 7.89. The zero-order valence-corrected chi connectivity index (χ0v) is 35.2. The minimum Gasteiger partial charge on any atom is -0.381 e. The number of rotatable bonds is 19. The number of nitrogens with zero attached hydrogens (tertiary/aromatic N) is 4. The van der Waals surface area contributed by atoms with Gasteiger partial charge in [0.2, 0.25) is 33.7 Å². The number of benzene rings is 2. The Morgan fingerprint density at radius 2 is 1.76 bits per heavy atom. The number of amides is 7. The van der Waals surface area contributed by atoms with Gasteiger partial charge in [0, 0.05) is 74.7 Å². The maximum absolute atomic E-state index is 13.4. The summed E-state index contributed by atoms with van der Waals surface area (Å²) in [6.45, 7) is 1.92. The molecule has 62 heavy (non-hydrogen) atoms. The molecule has 0 radical (unpaired) electrons. The predicted octanol–water partition coefficient (Wildman–Crippen LogP) is 1.77. The molecule has 1 unspecified atom stereocenters. The van der Waals surface area contributed by atoms with E-state index in [2.05, 4.69) is 26.3 Å². The van der Waals surface area contributed by atoms with Crippen molar-refractivity contribution in [2.75, 3.05) is 55.9 Å². The molecule has 7 amide bonds. The van der Waals surface area contributed by atoms with E-state index in [9.17, 15) is 42.0 Å². The number of imide groups is 2. The van der Waals surface area contributed by atoms with Crippen LogP contribution in [0.5, 0.6) is 0 Å². The number of aromatic nitrogens is 2. The van der Waals surface area contributed by atoms with Crippen LogP contribution in [0.4, 0.5) is 10.8 Å². The summed E-state index contributed by atoms with van der Waals surface area (Å²) in [5.74, 6) is -3.61. The number of ether oxygens (including phenoxy) is 2. The number of piperidine rings is 1. The Balaban J connectivity index is 0.798. The van der Waals surface area contributed by atoms with E-state index in [-0.39, 0.29) is 80.8 Å². The molecule has 21 heteroatoms. The van der Waals surface area contributed by atoms with E-state index in [4.69, 9.17) is 9.47 Å². The van der Waals surface area contributed by atoms with Crippen LogP contribution in [0.2, 0.25) is 0 Å². The highest BCUT2D eigenvalue weighted by Gasteiger charge is 2.45. The van der Waals surface area contributed by atoms with Crippen LogP contribution in [0.3, 0.4) is 0 Å². The van der Waals surface area contributed by atoms with E-state index < -0.39 is 57.6 Å². The third-order valence-corrected chi connectivity index (χ3v) is 12.1. The van der Waals surface area contributed by atoms with E-state index in [1.54, 1.807) is 23.6 Å². The smallest absolute Gasteiger partial charge is 0.262 e. The van der Waals surface area contributed by atoms with E-state index in [1.165, 1.54) is 23.6 Å². The number of carbonyl (C=O) groups excluding carboxylic acids is 7. The summed E-state index contributed by atoms with van der Waals surface area (Å²) in [5.41, 5.74) is 2.75. The second-order valence-electron chi connectivity index (χ2n) is 14.8. The molecule has 5 heterocycles. The first kappa shape index (κ1) is 43.8. The van der Waals surface area contributed by atoms with Crippen LogP contribution in [-0.2, 0) is 38.7 Å². The molecule has 3 aliphatic rings. The molecule has 0 bridgehead atoms. The first-order valence-corrected chi connectivity index (χ1v) is 22.6. The summed E-state index contributed by atoms with van der Waals surface area (Å²) in [6, 6.07) is 13.6. The van der Waals surface area contributed by atoms with Crippen molar-refractivity contribution in [1.29, 1.82) is 0 Å². The molecule has 19 nitrogen and oxygen atoms in total. The molecule has 3 aliphatic heterocycles. The molecule has 2 saturated heterocycles. The molecule has 4 aromatic rings. The normalized spacial score (nSPS) is 17.0. The van der Waals surface area contributed by atoms with E-state index in [0.29, 0.717) is 30.3 Å². The van der Waals surface area contributed by atoms with Crippen LogP contribution in [-0.4, -0.2) is 128 Å². The Kier molecular flexibility index (Phi) is 13.5. The summed E-state index contributed by atoms with van der Waals surface area (Å²) in [5, 5.41) is 12.5. The van der Waals surface area contributed by atoms with Crippen LogP contribution >= 0.6 is 11.3 Å². The highest BCUT2D eigenvalue weighted by atomic mass is 32.2. The molecule has 0 spiro atoms. The lowest BCUT2D eigenvalue weighted by Crippen LogP contribution is -2.54. The van der Waals surface area contributed by atoms with Gasteiger partial charge in [-0.1, -0.05) is 30.3 Å². The fourth-order valence-corrected chi connectivity index (χ4v) is 8.36. The maximum atomic E-state index is 13.4. The van der Waals surface area contributed by atoms with Gasteiger partial charge in [0.05, 0.1) is 41.4 Å². The molecular weight excluding hydrogens is 845 g/mol. The fraction of sp³-hybridized carbons (Fsp3) is 0.366. The number of nitrogens with one attached hydrogen (secondary N) is 4. The molecule has 2 fully saturated rings. The lowest BCUT2D eigenvalue weighted by Gasteiger charge is -2.40. The lowest BCUT2D eigenvalue weighted by molar-refractivity contribution is -0.136. The molecule has 326 valence electrons. The van der Waals surface area contributed by atoms with Gasteiger partial charge < -0.3 is 30.3 Å². The van der Waals surface area contributed by atoms with Gasteiger partial charge in [-0.05, 0) is 43.5 Å². The van der Waals surface area contributed by atoms with E-state index in [0.717, 1.165) is 32.6 Å². The summed E-state index contributed by atoms with van der Waals surface area (Å²) in [7, 11) is -3.62. The molecule has 2 atom stereocenters. The van der Waals surface area contributed by atoms with E-state index in [1.807, 2.05) is 35.2 Å². The predicted molar refractivity (Wildman–Crippen MR) is 225 cm³/mol. The van der Waals surface area contributed by atoms with Crippen molar-refractivity contribution in [2.24, 2.45) is 0 Å². The molecule has 7 rings (SSSR count). The van der Waals surface area contributed by atoms with Gasteiger partial charge >= 0.3 is 0 Å². The van der Waals surface area contributed by atoms with Gasteiger partial charge in [-0.25, -0.2) is 13.4 Å². The monoisotopic (exact) mass is 888 g/mol. The van der Waals surface area contributed by atoms with Crippen molar-refractivity contribution >= 4 is 73.5 Å². The van der Waals surface area contributed by atoms with Gasteiger partial charge in [0.25, 0.3) is 17.7 Å². The first-order chi connectivity index (χ1) is 29.7. The van der Waals surface area contributed by atoms with Crippen molar-refractivity contribution in [3.8, 4) is 11.3 Å². The number of fused-ring (bicyclic) bond motifs is 1. The van der Waals surface area contributed by atoms with Crippen molar-refractivity contribution in [2.45, 2.75) is 50.3 Å². The van der Waals surface area contributed by atoms with Crippen molar-refractivity contribution in [3.05, 3.63) is 89.1 Å². The molecular formula is C41H44N8O11S2. The topological polar surface area (TPSA) is 245 Å². The second kappa shape index (κ2) is 19.2. The third kappa shape index (κ3) is 10.4. The zero-order valence-electron chi connectivity index (χ0n) is 33.5. The zero-order chi connectivity index (χ0) is 44.0. The van der Waals surface area contributed by atoms with Crippen LogP contribution in [0.1, 0.15) is 63.2 Å². The van der Waals surface area contributed by atoms with Crippen LogP contribution in [0, 0.1) is 0 Å². The molecule has 0 saturated carbocycles. The summed E-state index contributed by atoms with van der Waals surface area (Å²) >= 11 is 1.23. The molecule has 4 N–H and O–H groups in total. The standard InChI is InChI=1S/C41H44N8O11S2/c1-62(57,58)48-16-13-26(21-48)36(52)43-31(37(53)46-41-44-32(24-61-41)25-6-3-2-4-7-25)14-18-59-17-5-8-34(50)42-15-19-60-28-22-47(23-28)27-9-10-29-30(20-27)40(56)49(39(29)55)33-11-12-35(51)45-38(33)54/h2-4,6-7,9-10,13,16,20-21,24,28,31,33H,5,8,11-12,14-15,17-19,22-23H2,1H3,(H,42,50)(H,43,52)(H,44,46,53)(H,45,51,54)/t31-,33?/m0/s1. The minimum atomic E-state index is -3.62. The van der Waals surface area contributed by atoms with Crippen LogP contribution < -0.4 is 26.2 Å². The van der Waals surface area contributed by atoms with Gasteiger partial charge in [-0.3, -0.25) is 47.8 Å². The SMILES string of the molecule is CS(=O)(=O)n1ccc(C(=O)N[C@@H](CCOCCCC(=O)NCCOC2CN(c3ccc4c(c3)C(=O)N(C3CCC(=O)NC3=O)C4=O)C2)C(=O)Nc2nc(-c3ccccc3)cs2)c1. The van der Waals surface area contributed by atoms with Crippen molar-refractivity contribution in [3.63, 3.8) is 0 Å². The number of carbonyl (C=O) groups is 7. The van der Waals surface area contributed by atoms with Crippen molar-refractivity contribution in [1.82, 2.24) is 29.8 Å². The minimum absolute atomic E-state index is 0.0442. The lowest BCUT2D eigenvalue weighted by atomic mass is 10.0. The van der Waals surface area contributed by atoms with Gasteiger partial charge in [-0.15, -0.1) is 11.3 Å². The average molecular weight is 889 g/mol. The summed E-state index contributed by atoms with van der Waals surface area (Å²) < 4.78 is 36.3. The number of hydrogen-bond acceptors (Lipinski definition) is 14. The third-order valence-electron chi connectivity index (χ3n) is 10.4. The van der Waals surface area contributed by atoms with Crippen LogP contribution in [0.15, 0.2) is 72.4 Å². The fourth-order valence-electron chi connectivity index (χ4n) is 7.05. The number of thiazole rings is 1. The Labute approximate surface area is 360 Å². The van der Waals surface area contributed by atoms with Crippen molar-refractivity contribution < 1.29 is 51.5 Å². The number of anilines is 2. The Morgan fingerprint density at radius 3 is 2.50 bits per heavy atom. The Hall–Kier alpha value is -6.29. The molecule has 0 aliphatic carbocycles. The maximum Gasteiger partial charge on any atom is 0.262 e. The Bertz CT molecular complexity index is 2480. The molecule has 2 aromatic carbocycles. The summed E-state index contributed by atoms with van der Waals surface area (Å²) in [6.07, 6.45) is 4.09. The second-order valence-corrected chi connectivity index (χ2v) is 17.6.